The predicted octanol–water partition coefficient (Wildman–Crippen LogP) is 1.89. The van der Waals surface area contributed by atoms with Crippen molar-refractivity contribution in [2.75, 3.05) is 6.61 Å². The van der Waals surface area contributed by atoms with E-state index in [0.29, 0.717) is 12.1 Å². The van der Waals surface area contributed by atoms with E-state index in [0.717, 1.165) is 12.0 Å². The molecule has 146 valence electrons. The third-order valence-corrected chi connectivity index (χ3v) is 5.47. The topological polar surface area (TPSA) is 122 Å². The van der Waals surface area contributed by atoms with Gasteiger partial charge in [0.05, 0.1) is 12.3 Å². The van der Waals surface area contributed by atoms with Gasteiger partial charge in [0.1, 0.15) is 5.75 Å². The molecule has 2 aliphatic carbocycles. The van der Waals surface area contributed by atoms with Gasteiger partial charge in [-0.3, -0.25) is 15.1 Å². The summed E-state index contributed by atoms with van der Waals surface area (Å²) in [4.78, 5) is 28.0. The number of nitrogens with zero attached hydrogens (tertiary/aromatic N) is 2. The van der Waals surface area contributed by atoms with Crippen LogP contribution in [0.5, 0.6) is 5.75 Å². The highest BCUT2D eigenvalue weighted by atomic mass is 16.6. The van der Waals surface area contributed by atoms with Crippen molar-refractivity contribution in [2.24, 2.45) is 10.9 Å². The zero-order valence-corrected chi connectivity index (χ0v) is 15.2. The van der Waals surface area contributed by atoms with Crippen LogP contribution in [0, 0.1) is 16.0 Å². The van der Waals surface area contributed by atoms with Crippen molar-refractivity contribution in [1.29, 1.82) is 0 Å². The van der Waals surface area contributed by atoms with Crippen molar-refractivity contribution in [1.82, 2.24) is 0 Å². The maximum atomic E-state index is 12.4. The Morgan fingerprint density at radius 2 is 2.15 bits per heavy atom. The summed E-state index contributed by atoms with van der Waals surface area (Å²) in [7, 11) is 0. The molecule has 0 amide bonds. The number of hydrogen-bond donors (Lipinski definition) is 2. The first-order chi connectivity index (χ1) is 12.8. The lowest BCUT2D eigenvalue weighted by Gasteiger charge is -2.30. The molecule has 0 unspecified atom stereocenters. The number of benzene rings is 1. The lowest BCUT2D eigenvalue weighted by atomic mass is 9.82. The molecule has 27 heavy (non-hydrogen) atoms. The molecule has 0 heterocycles. The largest absolute Gasteiger partial charge is 0.508 e. The number of esters is 1. The zero-order valence-electron chi connectivity index (χ0n) is 15.2. The van der Waals surface area contributed by atoms with Crippen LogP contribution in [0.15, 0.2) is 29.3 Å². The van der Waals surface area contributed by atoms with Crippen LogP contribution in [-0.4, -0.2) is 51.1 Å². The monoisotopic (exact) mass is 376 g/mol. The molecule has 0 aromatic heterocycles. The SMILES string of the molecule is CCOC(=O)[C@H](Cc1ccc(O)cc1)N=C1[C@H]2CCC[C@]1(O)[C@@H]([N+](=O)[O-])C2. The van der Waals surface area contributed by atoms with Crippen molar-refractivity contribution in [3.8, 4) is 5.75 Å². The highest BCUT2D eigenvalue weighted by Crippen LogP contribution is 2.44. The van der Waals surface area contributed by atoms with Gasteiger partial charge in [-0.15, -0.1) is 0 Å². The molecule has 2 fully saturated rings. The molecular formula is C19H24N2O6. The number of nitro groups is 1. The number of carbonyl (C=O) groups excluding carboxylic acids is 1. The molecule has 1 aromatic rings. The fourth-order valence-electron chi connectivity index (χ4n) is 4.19. The lowest BCUT2D eigenvalue weighted by Crippen LogP contribution is -2.50. The Kier molecular flexibility index (Phi) is 5.46. The summed E-state index contributed by atoms with van der Waals surface area (Å²) in [6, 6.07) is 4.44. The average molecular weight is 376 g/mol. The fraction of sp³-hybridized carbons (Fsp3) is 0.579. The van der Waals surface area contributed by atoms with Crippen LogP contribution in [0.25, 0.3) is 0 Å². The Morgan fingerprint density at radius 3 is 2.78 bits per heavy atom. The van der Waals surface area contributed by atoms with E-state index in [1.165, 1.54) is 12.1 Å². The number of carbonyl (C=O) groups is 1. The lowest BCUT2D eigenvalue weighted by molar-refractivity contribution is -0.538. The van der Waals surface area contributed by atoms with Gasteiger partial charge in [-0.25, -0.2) is 4.79 Å². The first kappa shape index (κ1) is 19.3. The molecule has 2 N–H and O–H groups in total. The molecule has 4 atom stereocenters. The van der Waals surface area contributed by atoms with Crippen molar-refractivity contribution >= 4 is 11.7 Å². The van der Waals surface area contributed by atoms with E-state index in [4.69, 9.17) is 4.74 Å². The van der Waals surface area contributed by atoms with Gasteiger partial charge in [-0.1, -0.05) is 12.1 Å². The number of aliphatic imine (C=N–C) groups is 1. The second-order valence-corrected chi connectivity index (χ2v) is 7.20. The Balaban J connectivity index is 1.93. The van der Waals surface area contributed by atoms with Gasteiger partial charge < -0.3 is 14.9 Å². The number of aromatic hydroxyl groups is 1. The van der Waals surface area contributed by atoms with Crippen LogP contribution in [-0.2, 0) is 16.0 Å². The second kappa shape index (κ2) is 7.64. The normalized spacial score (nSPS) is 29.5. The van der Waals surface area contributed by atoms with E-state index < -0.39 is 28.6 Å². The van der Waals surface area contributed by atoms with E-state index in [1.54, 1.807) is 19.1 Å². The Hall–Kier alpha value is -2.48. The quantitative estimate of drug-likeness (QED) is 0.444. The summed E-state index contributed by atoms with van der Waals surface area (Å²) in [6.07, 6.45) is 2.18. The minimum atomic E-state index is -1.59. The standard InChI is InChI=1S/C19H24N2O6/c1-2-27-18(23)15(10-12-5-7-14(22)8-6-12)20-17-13-4-3-9-19(17,24)16(11-13)21(25)26/h5-8,13,15-16,22,24H,2-4,9-11H2,1H3/t13-,15-,16-,19-/m0/s1. The summed E-state index contributed by atoms with van der Waals surface area (Å²) in [5, 5.41) is 31.9. The van der Waals surface area contributed by atoms with Gasteiger partial charge in [-0.2, -0.15) is 0 Å². The average Bonchev–Trinajstić information content (AvgIpc) is 2.77. The fourth-order valence-corrected chi connectivity index (χ4v) is 4.19. The number of fused-ring (bicyclic) bond motifs is 2. The van der Waals surface area contributed by atoms with E-state index in [9.17, 15) is 25.1 Å². The highest BCUT2D eigenvalue weighted by molar-refractivity contribution is 5.99. The minimum absolute atomic E-state index is 0.117. The first-order valence-corrected chi connectivity index (χ1v) is 9.23. The van der Waals surface area contributed by atoms with E-state index >= 15 is 0 Å². The van der Waals surface area contributed by atoms with Gasteiger partial charge in [0.15, 0.2) is 11.6 Å². The molecule has 2 aliphatic rings. The zero-order chi connectivity index (χ0) is 19.6. The molecule has 0 aliphatic heterocycles. The summed E-state index contributed by atoms with van der Waals surface area (Å²) in [5.74, 6) is -0.591. The van der Waals surface area contributed by atoms with Crippen LogP contribution < -0.4 is 0 Å². The summed E-state index contributed by atoms with van der Waals surface area (Å²) in [5.41, 5.74) is -0.449. The van der Waals surface area contributed by atoms with Crippen molar-refractivity contribution in [3.63, 3.8) is 0 Å². The van der Waals surface area contributed by atoms with Crippen LogP contribution in [0.1, 0.15) is 38.2 Å². The molecule has 1 aromatic carbocycles. The van der Waals surface area contributed by atoms with Gasteiger partial charge in [0.2, 0.25) is 6.04 Å². The molecule has 0 radical (unpaired) electrons. The maximum Gasteiger partial charge on any atom is 0.331 e. The second-order valence-electron chi connectivity index (χ2n) is 7.20. The van der Waals surface area contributed by atoms with Crippen molar-refractivity contribution in [3.05, 3.63) is 39.9 Å². The van der Waals surface area contributed by atoms with Gasteiger partial charge >= 0.3 is 5.97 Å². The first-order valence-electron chi connectivity index (χ1n) is 9.23. The summed E-state index contributed by atoms with van der Waals surface area (Å²) >= 11 is 0. The number of phenolic OH excluding ortho intramolecular Hbond substituents is 1. The Labute approximate surface area is 157 Å². The van der Waals surface area contributed by atoms with Crippen molar-refractivity contribution in [2.45, 2.75) is 56.7 Å². The van der Waals surface area contributed by atoms with Gasteiger partial charge in [-0.05, 0) is 43.9 Å². The Morgan fingerprint density at radius 1 is 1.44 bits per heavy atom. The third-order valence-electron chi connectivity index (χ3n) is 5.47. The van der Waals surface area contributed by atoms with Crippen molar-refractivity contribution < 1.29 is 24.7 Å². The minimum Gasteiger partial charge on any atom is -0.508 e. The van der Waals surface area contributed by atoms with E-state index in [-0.39, 0.29) is 37.5 Å². The van der Waals surface area contributed by atoms with Crippen LogP contribution in [0.4, 0.5) is 0 Å². The highest BCUT2D eigenvalue weighted by Gasteiger charge is 2.60. The molecule has 3 rings (SSSR count). The molecular weight excluding hydrogens is 352 g/mol. The number of hydrogen-bond acceptors (Lipinski definition) is 7. The van der Waals surface area contributed by atoms with E-state index in [1.807, 2.05) is 0 Å². The number of ether oxygens (including phenoxy) is 1. The van der Waals surface area contributed by atoms with Gasteiger partial charge in [0, 0.05) is 23.7 Å². The number of phenols is 1. The molecule has 8 heteroatoms. The summed E-state index contributed by atoms with van der Waals surface area (Å²) in [6.45, 7) is 1.89. The smallest absolute Gasteiger partial charge is 0.331 e. The van der Waals surface area contributed by atoms with E-state index in [2.05, 4.69) is 4.99 Å². The molecule has 8 nitrogen and oxygen atoms in total. The number of aliphatic hydroxyl groups is 1. The van der Waals surface area contributed by atoms with Crippen LogP contribution >= 0.6 is 0 Å². The van der Waals surface area contributed by atoms with Crippen LogP contribution in [0.3, 0.4) is 0 Å². The van der Waals surface area contributed by atoms with Crippen LogP contribution in [0.2, 0.25) is 0 Å². The predicted molar refractivity (Wildman–Crippen MR) is 97.4 cm³/mol. The molecule has 0 saturated heterocycles. The third kappa shape index (κ3) is 3.80. The maximum absolute atomic E-state index is 12.4. The molecule has 2 bridgehead atoms. The molecule has 0 spiro atoms. The Bertz CT molecular complexity index is 747. The van der Waals surface area contributed by atoms with Gasteiger partial charge in [0.25, 0.3) is 0 Å². The molecule has 2 saturated carbocycles. The number of rotatable bonds is 6. The summed E-state index contributed by atoms with van der Waals surface area (Å²) < 4.78 is 5.13.